The smallest absolute Gasteiger partial charge is 1.00 e. The molecule has 0 fully saturated rings. The van der Waals surface area contributed by atoms with Gasteiger partial charge in [0.15, 0.2) is 0 Å². The first-order chi connectivity index (χ1) is 17.1. The molecule has 0 N–H and O–H groups in total. The van der Waals surface area contributed by atoms with E-state index in [1.807, 2.05) is 0 Å². The minimum Gasteiger partial charge on any atom is -1.00 e. The molecule has 1 heterocycles. The first-order valence-corrected chi connectivity index (χ1v) is 22.2. The van der Waals surface area contributed by atoms with Crippen molar-refractivity contribution in [3.8, 4) is 0 Å². The van der Waals surface area contributed by atoms with Gasteiger partial charge < -0.3 is 24.8 Å². The van der Waals surface area contributed by atoms with Crippen LogP contribution in [0, 0.1) is 0 Å². The average molecular weight is 679 g/mol. The van der Waals surface area contributed by atoms with Crippen molar-refractivity contribution in [2.24, 2.45) is 0 Å². The van der Waals surface area contributed by atoms with Crippen LogP contribution >= 0.6 is 0 Å². The molecule has 0 bridgehead atoms. The summed E-state index contributed by atoms with van der Waals surface area (Å²) in [6.07, 6.45) is 2.49. The Labute approximate surface area is 263 Å². The van der Waals surface area contributed by atoms with E-state index in [1.165, 1.54) is 22.3 Å². The number of allylic oxidation sites excluding steroid dienone is 2. The monoisotopic (exact) mass is 676 g/mol. The summed E-state index contributed by atoms with van der Waals surface area (Å²) in [5.74, 6) is 0. The molecule has 3 aliphatic rings. The normalized spacial score (nSPS) is 20.5. The predicted molar refractivity (Wildman–Crippen MR) is 158 cm³/mol. The molecule has 0 saturated heterocycles. The summed E-state index contributed by atoms with van der Waals surface area (Å²) in [5, 5.41) is 0.367. The molecule has 39 heavy (non-hydrogen) atoms. The fourth-order valence-electron chi connectivity index (χ4n) is 5.32. The van der Waals surface area contributed by atoms with Crippen molar-refractivity contribution in [2.45, 2.75) is 103 Å². The summed E-state index contributed by atoms with van der Waals surface area (Å²) in [6, 6.07) is 18.2. The first-order valence-electron chi connectivity index (χ1n) is 13.9. The van der Waals surface area contributed by atoms with E-state index >= 15 is 0 Å². The second kappa shape index (κ2) is 11.4. The molecule has 0 aromatic heterocycles. The van der Waals surface area contributed by atoms with Gasteiger partial charge >= 0.3 is 240 Å². The summed E-state index contributed by atoms with van der Waals surface area (Å²) < 4.78 is 17.9. The average Bonchev–Trinajstić information content (AvgIpc) is 3.14. The van der Waals surface area contributed by atoms with Crippen LogP contribution in [0.25, 0.3) is 11.1 Å². The van der Waals surface area contributed by atoms with Crippen LogP contribution in [0.1, 0.15) is 88.8 Å². The maximum atomic E-state index is 7.30. The second-order valence-corrected chi connectivity index (χ2v) is 26.9. The van der Waals surface area contributed by atoms with Crippen molar-refractivity contribution in [2.75, 3.05) is 0 Å². The molecule has 7 heteroatoms. The van der Waals surface area contributed by atoms with E-state index in [-0.39, 0.29) is 47.1 Å². The molecular formula is C32H44Cl2O2Si2Zr. The third kappa shape index (κ3) is 5.85. The van der Waals surface area contributed by atoms with Gasteiger partial charge in [-0.25, -0.2) is 0 Å². The fourth-order valence-corrected chi connectivity index (χ4v) is 12.7. The van der Waals surface area contributed by atoms with Crippen molar-refractivity contribution in [3.63, 3.8) is 0 Å². The summed E-state index contributed by atoms with van der Waals surface area (Å²) in [7, 11) is -3.91. The molecule has 0 spiro atoms. The topological polar surface area (TPSA) is 18.5 Å². The third-order valence-electron chi connectivity index (χ3n) is 9.64. The van der Waals surface area contributed by atoms with E-state index in [0.29, 0.717) is 0 Å². The number of fused-ring (bicyclic) bond motifs is 4. The number of hydrogen-bond donors (Lipinski definition) is 0. The van der Waals surface area contributed by atoms with Crippen LogP contribution in [0.15, 0.2) is 55.1 Å². The van der Waals surface area contributed by atoms with Gasteiger partial charge in [0, 0.05) is 0 Å². The van der Waals surface area contributed by atoms with Gasteiger partial charge in [-0.15, -0.1) is 0 Å². The molecule has 2 atom stereocenters. The summed E-state index contributed by atoms with van der Waals surface area (Å²) in [5.41, 5.74) is 8.95. The van der Waals surface area contributed by atoms with E-state index in [4.69, 9.17) is 8.85 Å². The van der Waals surface area contributed by atoms with Gasteiger partial charge in [0.1, 0.15) is 0 Å². The minimum absolute atomic E-state index is 0. The maximum absolute atomic E-state index is 7.30. The van der Waals surface area contributed by atoms with Crippen molar-refractivity contribution in [3.05, 3.63) is 77.3 Å². The molecule has 2 unspecified atom stereocenters. The molecule has 1 aliphatic heterocycles. The predicted octanol–water partition coefficient (Wildman–Crippen LogP) is 3.85. The zero-order valence-corrected chi connectivity index (χ0v) is 31.2. The van der Waals surface area contributed by atoms with Crippen LogP contribution in [0.5, 0.6) is 0 Å². The van der Waals surface area contributed by atoms with Crippen molar-refractivity contribution < 1.29 is 56.9 Å². The van der Waals surface area contributed by atoms with Crippen LogP contribution in [-0.2, 0) is 32.1 Å². The van der Waals surface area contributed by atoms with Crippen LogP contribution in [-0.4, -0.2) is 16.6 Å². The summed E-state index contributed by atoms with van der Waals surface area (Å²) in [6.45, 7) is 23.8. The zero-order chi connectivity index (χ0) is 27.0. The Kier molecular flexibility index (Phi) is 9.75. The molecule has 0 amide bonds. The van der Waals surface area contributed by atoms with Gasteiger partial charge in [-0.2, -0.15) is 0 Å². The molecule has 0 saturated carbocycles. The summed E-state index contributed by atoms with van der Waals surface area (Å²) >= 11 is -1.15. The van der Waals surface area contributed by atoms with Gasteiger partial charge in [0.05, 0.1) is 0 Å². The number of halogens is 2. The first kappa shape index (κ1) is 33.2. The van der Waals surface area contributed by atoms with Crippen LogP contribution in [0.2, 0.25) is 36.3 Å². The fraction of sp³-hybridized carbons (Fsp3) is 0.500. The van der Waals surface area contributed by atoms with Gasteiger partial charge in [-0.3, -0.25) is 0 Å². The van der Waals surface area contributed by atoms with Crippen molar-refractivity contribution >= 4 is 27.8 Å². The Morgan fingerprint density at radius 1 is 0.615 bits per heavy atom. The van der Waals surface area contributed by atoms with Gasteiger partial charge in [0.25, 0.3) is 0 Å². The van der Waals surface area contributed by atoms with E-state index in [9.17, 15) is 0 Å². The second-order valence-electron chi connectivity index (χ2n) is 14.1. The van der Waals surface area contributed by atoms with Gasteiger partial charge in [-0.05, 0) is 0 Å². The van der Waals surface area contributed by atoms with Gasteiger partial charge in [0.2, 0.25) is 0 Å². The Morgan fingerprint density at radius 3 is 1.28 bits per heavy atom. The Balaban J connectivity index is 0.00000210. The van der Waals surface area contributed by atoms with E-state index < -0.39 is 39.9 Å². The van der Waals surface area contributed by atoms with Gasteiger partial charge in [-0.1, -0.05) is 0 Å². The van der Waals surface area contributed by atoms with Crippen LogP contribution < -0.4 is 24.8 Å². The molecule has 0 radical (unpaired) electrons. The molecule has 5 rings (SSSR count). The summed E-state index contributed by atoms with van der Waals surface area (Å²) in [4.78, 5) is 0. The number of benzene rings is 2. The van der Waals surface area contributed by atoms with Crippen LogP contribution in [0.3, 0.4) is 0 Å². The Hall–Kier alpha value is -0.263. The molecule has 2 aliphatic carbocycles. The van der Waals surface area contributed by atoms with E-state index in [1.54, 1.807) is 17.7 Å². The molecular weight excluding hydrogens is 635 g/mol. The van der Waals surface area contributed by atoms with Crippen molar-refractivity contribution in [1.82, 2.24) is 0 Å². The molecule has 2 nitrogen and oxygen atoms in total. The number of rotatable bonds is 4. The third-order valence-corrected chi connectivity index (χ3v) is 22.6. The zero-order valence-electron chi connectivity index (χ0n) is 25.3. The Bertz CT molecular complexity index is 1200. The minimum atomic E-state index is -1.96. The molecule has 2 aromatic rings. The van der Waals surface area contributed by atoms with Crippen molar-refractivity contribution in [1.29, 1.82) is 0 Å². The number of hydrogen-bond acceptors (Lipinski definition) is 2. The Morgan fingerprint density at radius 2 is 0.949 bits per heavy atom. The standard InChI is InChI=1S/C32H44O2Si2.2ClH.Zr/c1-31(2,3)35(7,8)33-29-21-23(25-15-11-13-17-27(25)29)19-20-24-22-30(28-18-14-12-16-26(24)28)34-36(9,10)32(4,5)6;;;/h11-18,29-30H,19-20H2,1-10H3;2*1H;/q;;;+2/p-2. The maximum Gasteiger partial charge on any atom is -1.00 e. The molecule has 210 valence electrons. The quantitative estimate of drug-likeness (QED) is 0.458. The molecule has 2 aromatic carbocycles. The van der Waals surface area contributed by atoms with E-state index in [2.05, 4.69) is 116 Å². The van der Waals surface area contributed by atoms with E-state index in [0.717, 1.165) is 12.8 Å². The largest absolute Gasteiger partial charge is 1.00 e. The SMILES string of the molecule is CC(C)(C)[Si](C)(C)OC1[C]2=C(CCC3=[C]([Zr+2]2)C(O[Si](C)(C)C(C)(C)C)c2ccccc23)c2ccccc21.[Cl-].[Cl-]. The van der Waals surface area contributed by atoms with Crippen LogP contribution in [0.4, 0.5) is 0 Å².